The summed E-state index contributed by atoms with van der Waals surface area (Å²) in [6.45, 7) is 6.03. The Morgan fingerprint density at radius 2 is 1.88 bits per heavy atom. The molecule has 2 aromatic rings. The number of hydrogen-bond donors (Lipinski definition) is 0. The molecule has 168 valence electrons. The summed E-state index contributed by atoms with van der Waals surface area (Å²) >= 11 is 0. The van der Waals surface area contributed by atoms with Crippen LogP contribution in [0.3, 0.4) is 0 Å². The van der Waals surface area contributed by atoms with Crippen molar-refractivity contribution in [2.24, 2.45) is 11.8 Å². The van der Waals surface area contributed by atoms with Gasteiger partial charge < -0.3 is 9.80 Å². The highest BCUT2D eigenvalue weighted by Gasteiger charge is 2.32. The van der Waals surface area contributed by atoms with Crippen molar-refractivity contribution >= 4 is 11.8 Å². The molecule has 32 heavy (non-hydrogen) atoms. The first-order chi connectivity index (χ1) is 15.6. The summed E-state index contributed by atoms with van der Waals surface area (Å²) in [7, 11) is 0. The molecular weight excluding hydrogens is 398 g/mol. The van der Waals surface area contributed by atoms with E-state index in [0.717, 1.165) is 29.5 Å². The van der Waals surface area contributed by atoms with Gasteiger partial charge in [0.05, 0.1) is 5.92 Å². The van der Waals surface area contributed by atoms with Crippen molar-refractivity contribution in [1.29, 1.82) is 0 Å². The lowest BCUT2D eigenvalue weighted by molar-refractivity contribution is -0.134. The van der Waals surface area contributed by atoms with Crippen molar-refractivity contribution in [3.63, 3.8) is 0 Å². The first-order valence-corrected chi connectivity index (χ1v) is 11.8. The van der Waals surface area contributed by atoms with Crippen molar-refractivity contribution in [1.82, 2.24) is 14.8 Å². The van der Waals surface area contributed by atoms with Crippen molar-refractivity contribution in [2.45, 2.75) is 38.5 Å². The molecule has 1 saturated heterocycles. The Kier molecular flexibility index (Phi) is 7.35. The van der Waals surface area contributed by atoms with Gasteiger partial charge in [0.15, 0.2) is 0 Å². The highest BCUT2D eigenvalue weighted by atomic mass is 16.2. The smallest absolute Gasteiger partial charge is 0.228 e. The SMILES string of the molecule is C=CCN1CCN(C(=O)CC2CCCC2)C[C@@H](Cc2cccc(-c3ccncc3)c2)C1=O. The third-order valence-corrected chi connectivity index (χ3v) is 6.80. The van der Waals surface area contributed by atoms with Gasteiger partial charge in [-0.15, -0.1) is 6.58 Å². The van der Waals surface area contributed by atoms with Gasteiger partial charge in [-0.3, -0.25) is 14.6 Å². The number of nitrogens with zero attached hydrogens (tertiary/aromatic N) is 3. The second kappa shape index (κ2) is 10.6. The van der Waals surface area contributed by atoms with Crippen LogP contribution in [0.2, 0.25) is 0 Å². The van der Waals surface area contributed by atoms with E-state index in [1.54, 1.807) is 18.5 Å². The fraction of sp³-hybridized carbons (Fsp3) is 0.444. The zero-order valence-corrected chi connectivity index (χ0v) is 18.8. The van der Waals surface area contributed by atoms with Crippen molar-refractivity contribution in [3.05, 3.63) is 67.0 Å². The molecule has 0 unspecified atom stereocenters. The molecule has 1 atom stereocenters. The monoisotopic (exact) mass is 431 g/mol. The van der Waals surface area contributed by atoms with E-state index < -0.39 is 0 Å². The van der Waals surface area contributed by atoms with E-state index in [1.807, 2.05) is 28.0 Å². The van der Waals surface area contributed by atoms with E-state index in [0.29, 0.717) is 44.9 Å². The molecule has 1 saturated carbocycles. The van der Waals surface area contributed by atoms with Crippen LogP contribution in [0.1, 0.15) is 37.7 Å². The number of pyridine rings is 1. The topological polar surface area (TPSA) is 53.5 Å². The molecule has 1 aliphatic heterocycles. The molecule has 0 N–H and O–H groups in total. The third kappa shape index (κ3) is 5.45. The number of carbonyl (C=O) groups is 2. The van der Waals surface area contributed by atoms with Gasteiger partial charge in [0.25, 0.3) is 0 Å². The van der Waals surface area contributed by atoms with Gasteiger partial charge in [0.2, 0.25) is 11.8 Å². The van der Waals surface area contributed by atoms with Crippen LogP contribution in [0.25, 0.3) is 11.1 Å². The Morgan fingerprint density at radius 3 is 2.62 bits per heavy atom. The van der Waals surface area contributed by atoms with Crippen LogP contribution in [-0.4, -0.2) is 52.8 Å². The van der Waals surface area contributed by atoms with Crippen molar-refractivity contribution < 1.29 is 9.59 Å². The molecule has 1 aliphatic carbocycles. The average molecular weight is 432 g/mol. The highest BCUT2D eigenvalue weighted by molar-refractivity contribution is 5.82. The van der Waals surface area contributed by atoms with E-state index >= 15 is 0 Å². The molecule has 1 aromatic heterocycles. The number of amides is 2. The predicted molar refractivity (Wildman–Crippen MR) is 127 cm³/mol. The van der Waals surface area contributed by atoms with Crippen LogP contribution in [0.15, 0.2) is 61.4 Å². The number of benzene rings is 1. The van der Waals surface area contributed by atoms with Gasteiger partial charge in [-0.05, 0) is 54.0 Å². The number of aromatic nitrogens is 1. The molecule has 5 heteroatoms. The van der Waals surface area contributed by atoms with Crippen LogP contribution < -0.4 is 0 Å². The largest absolute Gasteiger partial charge is 0.340 e. The number of hydrogen-bond acceptors (Lipinski definition) is 3. The molecule has 2 fully saturated rings. The maximum Gasteiger partial charge on any atom is 0.228 e. The van der Waals surface area contributed by atoms with E-state index in [1.165, 1.54) is 12.8 Å². The third-order valence-electron chi connectivity index (χ3n) is 6.80. The van der Waals surface area contributed by atoms with E-state index in [-0.39, 0.29) is 17.7 Å². The Hall–Kier alpha value is -2.95. The summed E-state index contributed by atoms with van der Waals surface area (Å²) in [6.07, 6.45) is 11.4. The Labute approximate surface area is 191 Å². The van der Waals surface area contributed by atoms with Gasteiger partial charge in [-0.2, -0.15) is 0 Å². The van der Waals surface area contributed by atoms with Crippen LogP contribution >= 0.6 is 0 Å². The first-order valence-electron chi connectivity index (χ1n) is 11.8. The molecule has 2 heterocycles. The van der Waals surface area contributed by atoms with Crippen LogP contribution in [0.5, 0.6) is 0 Å². The summed E-state index contributed by atoms with van der Waals surface area (Å²) < 4.78 is 0. The lowest BCUT2D eigenvalue weighted by Gasteiger charge is -2.25. The van der Waals surface area contributed by atoms with Gasteiger partial charge in [0, 0.05) is 45.0 Å². The van der Waals surface area contributed by atoms with Crippen LogP contribution in [0.4, 0.5) is 0 Å². The standard InChI is InChI=1S/C27H33N3O2/c1-2-14-29-15-16-30(26(31)19-21-6-3-4-7-21)20-25(27(29)32)18-22-8-5-9-24(17-22)23-10-12-28-13-11-23/h2,5,8-13,17,21,25H,1,3-4,6-7,14-16,18-20H2/t25-/m1/s1. The van der Waals surface area contributed by atoms with Gasteiger partial charge in [-0.25, -0.2) is 0 Å². The highest BCUT2D eigenvalue weighted by Crippen LogP contribution is 2.29. The zero-order valence-electron chi connectivity index (χ0n) is 18.8. The van der Waals surface area contributed by atoms with E-state index in [4.69, 9.17) is 0 Å². The second-order valence-electron chi connectivity index (χ2n) is 9.10. The van der Waals surface area contributed by atoms with Gasteiger partial charge >= 0.3 is 0 Å². The Bertz CT molecular complexity index is 937. The molecule has 0 radical (unpaired) electrons. The molecule has 1 aromatic carbocycles. The summed E-state index contributed by atoms with van der Waals surface area (Å²) in [5, 5.41) is 0. The fourth-order valence-electron chi connectivity index (χ4n) is 5.06. The van der Waals surface area contributed by atoms with E-state index in [9.17, 15) is 9.59 Å². The minimum atomic E-state index is -0.238. The van der Waals surface area contributed by atoms with Gasteiger partial charge in [0.1, 0.15) is 0 Å². The Balaban J connectivity index is 1.52. The quantitative estimate of drug-likeness (QED) is 0.613. The minimum absolute atomic E-state index is 0.121. The summed E-state index contributed by atoms with van der Waals surface area (Å²) in [4.78, 5) is 34.3. The normalized spacial score (nSPS) is 19.8. The predicted octanol–water partition coefficient (Wildman–Crippen LogP) is 4.34. The zero-order chi connectivity index (χ0) is 22.3. The van der Waals surface area contributed by atoms with Crippen LogP contribution in [-0.2, 0) is 16.0 Å². The number of carbonyl (C=O) groups excluding carboxylic acids is 2. The van der Waals surface area contributed by atoms with Crippen molar-refractivity contribution in [2.75, 3.05) is 26.2 Å². The lowest BCUT2D eigenvalue weighted by Crippen LogP contribution is -2.38. The molecule has 2 amide bonds. The fourth-order valence-corrected chi connectivity index (χ4v) is 5.06. The summed E-state index contributed by atoms with van der Waals surface area (Å²) in [5.74, 6) is 0.606. The summed E-state index contributed by atoms with van der Waals surface area (Å²) in [6, 6.07) is 12.3. The van der Waals surface area contributed by atoms with Crippen molar-refractivity contribution in [3.8, 4) is 11.1 Å². The molecule has 4 rings (SSSR count). The average Bonchev–Trinajstić information content (AvgIpc) is 3.28. The van der Waals surface area contributed by atoms with E-state index in [2.05, 4.69) is 29.8 Å². The summed E-state index contributed by atoms with van der Waals surface area (Å²) in [5.41, 5.74) is 3.33. The maximum atomic E-state index is 13.3. The first kappa shape index (κ1) is 22.3. The molecule has 5 nitrogen and oxygen atoms in total. The number of rotatable bonds is 7. The Morgan fingerprint density at radius 1 is 1.09 bits per heavy atom. The minimum Gasteiger partial charge on any atom is -0.340 e. The van der Waals surface area contributed by atoms with Crippen LogP contribution in [0, 0.1) is 11.8 Å². The molecular formula is C27H33N3O2. The maximum absolute atomic E-state index is 13.3. The molecule has 0 spiro atoms. The second-order valence-corrected chi connectivity index (χ2v) is 9.10. The molecule has 2 aliphatic rings. The van der Waals surface area contributed by atoms with Gasteiger partial charge in [-0.1, -0.05) is 43.2 Å². The lowest BCUT2D eigenvalue weighted by atomic mass is 9.94. The molecule has 0 bridgehead atoms.